The van der Waals surface area contributed by atoms with E-state index in [0.29, 0.717) is 22.7 Å². The maximum atomic E-state index is 13.2. The van der Waals surface area contributed by atoms with Crippen LogP contribution in [0.5, 0.6) is 5.75 Å². The summed E-state index contributed by atoms with van der Waals surface area (Å²) in [6, 6.07) is 17.0. The number of nitrogens with zero attached hydrogens (tertiary/aromatic N) is 2. The van der Waals surface area contributed by atoms with E-state index in [1.54, 1.807) is 48.7 Å². The zero-order valence-corrected chi connectivity index (χ0v) is 19.1. The second-order valence-corrected chi connectivity index (χ2v) is 8.36. The van der Waals surface area contributed by atoms with Crippen LogP contribution in [-0.4, -0.2) is 27.9 Å². The fourth-order valence-corrected chi connectivity index (χ4v) is 4.07. The van der Waals surface area contributed by atoms with Crippen molar-refractivity contribution >= 4 is 23.1 Å². The van der Waals surface area contributed by atoms with E-state index in [1.807, 2.05) is 45.9 Å². The van der Waals surface area contributed by atoms with E-state index < -0.39 is 17.7 Å². The number of amides is 1. The van der Waals surface area contributed by atoms with E-state index in [1.165, 1.54) is 4.90 Å². The molecule has 1 fully saturated rings. The zero-order valence-electron chi connectivity index (χ0n) is 19.1. The van der Waals surface area contributed by atoms with Crippen molar-refractivity contribution in [2.45, 2.75) is 39.8 Å². The van der Waals surface area contributed by atoms with Gasteiger partial charge in [0.25, 0.3) is 11.7 Å². The van der Waals surface area contributed by atoms with E-state index in [0.717, 1.165) is 11.1 Å². The van der Waals surface area contributed by atoms with Gasteiger partial charge in [-0.1, -0.05) is 24.3 Å². The maximum Gasteiger partial charge on any atom is 0.300 e. The minimum atomic E-state index is -0.848. The molecule has 1 N–H and O–H groups in total. The first-order valence-corrected chi connectivity index (χ1v) is 10.8. The summed E-state index contributed by atoms with van der Waals surface area (Å²) in [6.45, 7) is 7.62. The van der Waals surface area contributed by atoms with Gasteiger partial charge >= 0.3 is 0 Å². The molecule has 33 heavy (non-hydrogen) atoms. The molecule has 0 radical (unpaired) electrons. The standard InChI is InChI=1S/C27H26N2O4/c1-16(2)33-22-13-12-19(15-18(22)4)25(30)23-24(20-10-7-8-14-28-20)29(27(32)26(23)31)21-11-6-5-9-17(21)3/h5-16,24,30H,1-4H3/b25-23-. The van der Waals surface area contributed by atoms with Crippen molar-refractivity contribution in [3.05, 3.63) is 94.8 Å². The van der Waals surface area contributed by atoms with Crippen LogP contribution in [0.15, 0.2) is 72.4 Å². The van der Waals surface area contributed by atoms with Crippen LogP contribution in [0.2, 0.25) is 0 Å². The molecule has 168 valence electrons. The first-order chi connectivity index (χ1) is 15.8. The van der Waals surface area contributed by atoms with E-state index in [9.17, 15) is 14.7 Å². The molecule has 0 saturated carbocycles. The lowest BCUT2D eigenvalue weighted by molar-refractivity contribution is -0.132. The fourth-order valence-electron chi connectivity index (χ4n) is 4.07. The summed E-state index contributed by atoms with van der Waals surface area (Å²) in [5.74, 6) is -0.980. The molecular formula is C27H26N2O4. The van der Waals surface area contributed by atoms with Crippen LogP contribution in [-0.2, 0) is 9.59 Å². The van der Waals surface area contributed by atoms with Gasteiger partial charge in [0.2, 0.25) is 0 Å². The second kappa shape index (κ2) is 8.90. The Morgan fingerprint density at radius 3 is 2.36 bits per heavy atom. The third-order valence-corrected chi connectivity index (χ3v) is 5.60. The van der Waals surface area contributed by atoms with Crippen LogP contribution in [0.1, 0.15) is 42.3 Å². The quantitative estimate of drug-likeness (QED) is 0.337. The number of aryl methyl sites for hydroxylation is 2. The highest BCUT2D eigenvalue weighted by molar-refractivity contribution is 6.51. The predicted molar refractivity (Wildman–Crippen MR) is 127 cm³/mol. The van der Waals surface area contributed by atoms with Crippen LogP contribution in [0.25, 0.3) is 5.76 Å². The number of ether oxygens (including phenoxy) is 1. The van der Waals surface area contributed by atoms with Crippen molar-refractivity contribution in [2.24, 2.45) is 0 Å². The van der Waals surface area contributed by atoms with E-state index >= 15 is 0 Å². The van der Waals surface area contributed by atoms with E-state index in [2.05, 4.69) is 4.98 Å². The topological polar surface area (TPSA) is 79.7 Å². The van der Waals surface area contributed by atoms with Gasteiger partial charge in [0.05, 0.1) is 17.4 Å². The van der Waals surface area contributed by atoms with Gasteiger partial charge in [-0.3, -0.25) is 19.5 Å². The first kappa shape index (κ1) is 22.3. The molecule has 0 spiro atoms. The Morgan fingerprint density at radius 1 is 1.00 bits per heavy atom. The average Bonchev–Trinajstić information content (AvgIpc) is 3.06. The number of rotatable bonds is 5. The van der Waals surface area contributed by atoms with E-state index in [4.69, 9.17) is 4.74 Å². The Bertz CT molecular complexity index is 1250. The Kier molecular flexibility index (Phi) is 6.01. The molecule has 4 rings (SSSR count). The van der Waals surface area contributed by atoms with Crippen LogP contribution < -0.4 is 9.64 Å². The lowest BCUT2D eigenvalue weighted by Crippen LogP contribution is -2.30. The highest BCUT2D eigenvalue weighted by atomic mass is 16.5. The number of hydrogen-bond acceptors (Lipinski definition) is 5. The van der Waals surface area contributed by atoms with Crippen LogP contribution >= 0.6 is 0 Å². The number of hydrogen-bond donors (Lipinski definition) is 1. The van der Waals surface area contributed by atoms with Gasteiger partial charge in [-0.2, -0.15) is 0 Å². The number of carbonyl (C=O) groups is 2. The van der Waals surface area contributed by atoms with Gasteiger partial charge in [-0.15, -0.1) is 0 Å². The zero-order chi connectivity index (χ0) is 23.7. The number of aliphatic hydroxyl groups is 1. The summed E-state index contributed by atoms with van der Waals surface area (Å²) in [5.41, 5.74) is 3.21. The van der Waals surface area contributed by atoms with Crippen molar-refractivity contribution < 1.29 is 19.4 Å². The summed E-state index contributed by atoms with van der Waals surface area (Å²) in [6.07, 6.45) is 1.61. The van der Waals surface area contributed by atoms with Crippen molar-refractivity contribution in [2.75, 3.05) is 4.90 Å². The number of anilines is 1. The molecule has 1 aromatic heterocycles. The highest BCUT2D eigenvalue weighted by Crippen LogP contribution is 2.42. The van der Waals surface area contributed by atoms with Gasteiger partial charge in [0.15, 0.2) is 0 Å². The molecule has 3 aromatic rings. The lowest BCUT2D eigenvalue weighted by Gasteiger charge is -2.26. The smallest absolute Gasteiger partial charge is 0.300 e. The molecule has 1 aliphatic heterocycles. The average molecular weight is 443 g/mol. The van der Waals surface area contributed by atoms with Crippen LogP contribution in [0.3, 0.4) is 0 Å². The second-order valence-electron chi connectivity index (χ2n) is 8.36. The monoisotopic (exact) mass is 442 g/mol. The number of aromatic nitrogens is 1. The van der Waals surface area contributed by atoms with Gasteiger partial charge < -0.3 is 9.84 Å². The molecule has 1 amide bonds. The maximum absolute atomic E-state index is 13.2. The normalized spacial score (nSPS) is 17.6. The largest absolute Gasteiger partial charge is 0.507 e. The van der Waals surface area contributed by atoms with Gasteiger partial charge in [-0.25, -0.2) is 0 Å². The molecule has 1 aliphatic rings. The van der Waals surface area contributed by atoms with Crippen LogP contribution in [0, 0.1) is 13.8 Å². The fraction of sp³-hybridized carbons (Fsp3) is 0.222. The summed E-state index contributed by atoms with van der Waals surface area (Å²) in [4.78, 5) is 32.3. The Hall–Kier alpha value is -3.93. The molecule has 6 heteroatoms. The van der Waals surface area contributed by atoms with Crippen molar-refractivity contribution in [1.29, 1.82) is 0 Å². The summed E-state index contributed by atoms with van der Waals surface area (Å²) >= 11 is 0. The van der Waals surface area contributed by atoms with Crippen molar-refractivity contribution in [1.82, 2.24) is 4.98 Å². The highest BCUT2D eigenvalue weighted by Gasteiger charge is 2.48. The molecule has 1 atom stereocenters. The summed E-state index contributed by atoms with van der Waals surface area (Å²) in [5, 5.41) is 11.3. The summed E-state index contributed by atoms with van der Waals surface area (Å²) in [7, 11) is 0. The van der Waals surface area contributed by atoms with Gasteiger partial charge in [-0.05, 0) is 75.2 Å². The minimum Gasteiger partial charge on any atom is -0.507 e. The minimum absolute atomic E-state index is 0.00624. The number of pyridine rings is 1. The van der Waals surface area contributed by atoms with Gasteiger partial charge in [0, 0.05) is 17.4 Å². The number of Topliss-reactive ketones (excluding diaryl/α,β-unsaturated/α-hetero) is 1. The third-order valence-electron chi connectivity index (χ3n) is 5.60. The molecular weight excluding hydrogens is 416 g/mol. The Labute approximate surface area is 193 Å². The predicted octanol–water partition coefficient (Wildman–Crippen LogP) is 5.11. The molecule has 0 aliphatic carbocycles. The number of aliphatic hydroxyl groups excluding tert-OH is 1. The SMILES string of the molecule is Cc1cc(/C(O)=C2/C(=O)C(=O)N(c3ccccc3C)C2c2ccccn2)ccc1OC(C)C. The van der Waals surface area contributed by atoms with E-state index in [-0.39, 0.29) is 17.4 Å². The number of ketones is 1. The number of para-hydroxylation sites is 1. The Morgan fingerprint density at radius 2 is 1.73 bits per heavy atom. The molecule has 2 aromatic carbocycles. The molecule has 0 bridgehead atoms. The lowest BCUT2D eigenvalue weighted by atomic mass is 9.97. The first-order valence-electron chi connectivity index (χ1n) is 10.8. The summed E-state index contributed by atoms with van der Waals surface area (Å²) < 4.78 is 5.78. The molecule has 2 heterocycles. The third kappa shape index (κ3) is 4.12. The number of benzene rings is 2. The van der Waals surface area contributed by atoms with Crippen LogP contribution in [0.4, 0.5) is 5.69 Å². The number of carbonyl (C=O) groups excluding carboxylic acids is 2. The molecule has 6 nitrogen and oxygen atoms in total. The Balaban J connectivity index is 1.90. The van der Waals surface area contributed by atoms with Gasteiger partial charge in [0.1, 0.15) is 17.6 Å². The molecule has 1 unspecified atom stereocenters. The van der Waals surface area contributed by atoms with Crippen molar-refractivity contribution in [3.8, 4) is 5.75 Å². The van der Waals surface area contributed by atoms with Crippen molar-refractivity contribution in [3.63, 3.8) is 0 Å². The molecule has 1 saturated heterocycles.